The number of hydrogen-bond acceptors (Lipinski definition) is 1. The Balaban J connectivity index is 2.10. The van der Waals surface area contributed by atoms with Crippen molar-refractivity contribution >= 4 is 0 Å². The molecule has 1 aromatic rings. The predicted octanol–water partition coefficient (Wildman–Crippen LogP) is 3.29. The Labute approximate surface area is 98.8 Å². The molecule has 0 amide bonds. The Morgan fingerprint density at radius 3 is 2.06 bits per heavy atom. The molecule has 0 bridgehead atoms. The van der Waals surface area contributed by atoms with E-state index in [2.05, 4.69) is 5.32 Å². The maximum absolute atomic E-state index is 13.2. The van der Waals surface area contributed by atoms with Crippen molar-refractivity contribution in [3.05, 3.63) is 35.1 Å². The zero-order chi connectivity index (χ0) is 13.6. The molecule has 0 spiro atoms. The van der Waals surface area contributed by atoms with Crippen molar-refractivity contribution in [2.24, 2.45) is 0 Å². The van der Waals surface area contributed by atoms with Gasteiger partial charge in [0.1, 0.15) is 11.4 Å². The molecule has 1 N–H and O–H groups in total. The van der Waals surface area contributed by atoms with Crippen LogP contribution in [0.2, 0.25) is 0 Å². The van der Waals surface area contributed by atoms with Gasteiger partial charge in [0.25, 0.3) is 0 Å². The Hall–Kier alpha value is -1.24. The number of alkyl halides is 3. The molecule has 1 aliphatic carbocycles. The van der Waals surface area contributed by atoms with E-state index < -0.39 is 35.7 Å². The van der Waals surface area contributed by atoms with Crippen LogP contribution < -0.4 is 5.32 Å². The van der Waals surface area contributed by atoms with Gasteiger partial charge in [0.15, 0.2) is 11.6 Å². The van der Waals surface area contributed by atoms with Crippen LogP contribution in [-0.4, -0.2) is 11.7 Å². The van der Waals surface area contributed by atoms with Crippen molar-refractivity contribution in [1.29, 1.82) is 0 Å². The number of halogens is 6. The van der Waals surface area contributed by atoms with E-state index in [1.807, 2.05) is 0 Å². The highest BCUT2D eigenvalue weighted by Gasteiger charge is 2.62. The lowest BCUT2D eigenvalue weighted by atomic mass is 10.1. The Morgan fingerprint density at radius 1 is 1.00 bits per heavy atom. The third-order valence-corrected chi connectivity index (χ3v) is 3.00. The molecule has 0 heterocycles. The first kappa shape index (κ1) is 13.2. The van der Waals surface area contributed by atoms with Crippen LogP contribution in [0.15, 0.2) is 12.1 Å². The lowest BCUT2D eigenvalue weighted by Crippen LogP contribution is -2.44. The van der Waals surface area contributed by atoms with Gasteiger partial charge in [0.2, 0.25) is 0 Å². The monoisotopic (exact) mass is 269 g/mol. The second-order valence-electron chi connectivity index (χ2n) is 4.29. The quantitative estimate of drug-likeness (QED) is 0.656. The molecule has 100 valence electrons. The fourth-order valence-electron chi connectivity index (χ4n) is 1.65. The summed E-state index contributed by atoms with van der Waals surface area (Å²) in [4.78, 5) is 0. The second kappa shape index (κ2) is 4.15. The Morgan fingerprint density at radius 2 is 1.56 bits per heavy atom. The number of benzene rings is 1. The molecule has 0 radical (unpaired) electrons. The normalized spacial score (nSPS) is 17.9. The maximum Gasteiger partial charge on any atom is 0.406 e. The van der Waals surface area contributed by atoms with Crippen molar-refractivity contribution in [3.8, 4) is 0 Å². The maximum atomic E-state index is 13.2. The van der Waals surface area contributed by atoms with Crippen molar-refractivity contribution in [1.82, 2.24) is 5.32 Å². The summed E-state index contributed by atoms with van der Waals surface area (Å²) in [5, 5.41) is 2.16. The van der Waals surface area contributed by atoms with Gasteiger partial charge in [0, 0.05) is 18.2 Å². The molecule has 1 saturated carbocycles. The summed E-state index contributed by atoms with van der Waals surface area (Å²) in [7, 11) is 0. The zero-order valence-corrected chi connectivity index (χ0v) is 9.04. The van der Waals surface area contributed by atoms with Gasteiger partial charge in [0.05, 0.1) is 0 Å². The molecular weight excluding hydrogens is 260 g/mol. The SMILES string of the molecule is Fc1cc(F)c(CNC2(C(F)(F)F)CC2)cc1F. The van der Waals surface area contributed by atoms with Gasteiger partial charge in [-0.3, -0.25) is 5.32 Å². The second-order valence-corrected chi connectivity index (χ2v) is 4.29. The molecule has 2 rings (SSSR count). The lowest BCUT2D eigenvalue weighted by Gasteiger charge is -2.20. The fraction of sp³-hybridized carbons (Fsp3) is 0.455. The molecule has 0 unspecified atom stereocenters. The molecule has 0 saturated heterocycles. The van der Waals surface area contributed by atoms with E-state index >= 15 is 0 Å². The fourth-order valence-corrected chi connectivity index (χ4v) is 1.65. The number of nitrogens with one attached hydrogen (secondary N) is 1. The number of hydrogen-bond donors (Lipinski definition) is 1. The van der Waals surface area contributed by atoms with Gasteiger partial charge in [-0.05, 0) is 18.9 Å². The van der Waals surface area contributed by atoms with E-state index in [9.17, 15) is 26.3 Å². The lowest BCUT2D eigenvalue weighted by molar-refractivity contribution is -0.166. The van der Waals surface area contributed by atoms with E-state index in [1.165, 1.54) is 0 Å². The highest BCUT2D eigenvalue weighted by atomic mass is 19.4. The largest absolute Gasteiger partial charge is 0.406 e. The molecule has 0 atom stereocenters. The van der Waals surface area contributed by atoms with Crippen LogP contribution in [0, 0.1) is 17.5 Å². The minimum Gasteiger partial charge on any atom is -0.299 e. The van der Waals surface area contributed by atoms with Crippen LogP contribution in [0.5, 0.6) is 0 Å². The molecule has 0 aliphatic heterocycles. The summed E-state index contributed by atoms with van der Waals surface area (Å²) in [6.45, 7) is -0.497. The summed E-state index contributed by atoms with van der Waals surface area (Å²) >= 11 is 0. The highest BCUT2D eigenvalue weighted by molar-refractivity contribution is 5.21. The molecular formula is C11H9F6N. The zero-order valence-electron chi connectivity index (χ0n) is 9.04. The smallest absolute Gasteiger partial charge is 0.299 e. The average Bonchev–Trinajstić information content (AvgIpc) is 3.01. The topological polar surface area (TPSA) is 12.0 Å². The molecule has 0 aromatic heterocycles. The van der Waals surface area contributed by atoms with Crippen LogP contribution >= 0.6 is 0 Å². The highest BCUT2D eigenvalue weighted by Crippen LogP contribution is 2.49. The Kier molecular flexibility index (Phi) is 3.04. The van der Waals surface area contributed by atoms with Crippen LogP contribution in [0.4, 0.5) is 26.3 Å². The summed E-state index contributed by atoms with van der Waals surface area (Å²) in [5.74, 6) is -3.72. The molecule has 18 heavy (non-hydrogen) atoms. The minimum absolute atomic E-state index is 0.0954. The standard InChI is InChI=1S/C11H9F6N/c12-7-4-9(14)8(13)3-6(7)5-18-10(1-2-10)11(15,16)17/h3-4,18H,1-2,5H2. The first-order valence-electron chi connectivity index (χ1n) is 5.20. The number of rotatable bonds is 3. The molecule has 1 fully saturated rings. The average molecular weight is 269 g/mol. The predicted molar refractivity (Wildman–Crippen MR) is 51.2 cm³/mol. The third kappa shape index (κ3) is 2.31. The van der Waals surface area contributed by atoms with Crippen LogP contribution in [0.1, 0.15) is 18.4 Å². The molecule has 1 aliphatic rings. The van der Waals surface area contributed by atoms with Crippen molar-refractivity contribution in [2.45, 2.75) is 31.1 Å². The summed E-state index contributed by atoms with van der Waals surface area (Å²) in [6.07, 6.45) is -4.62. The van der Waals surface area contributed by atoms with Gasteiger partial charge < -0.3 is 0 Å². The van der Waals surface area contributed by atoms with Gasteiger partial charge in [-0.25, -0.2) is 13.2 Å². The van der Waals surface area contributed by atoms with Gasteiger partial charge in [-0.2, -0.15) is 13.2 Å². The summed E-state index contributed by atoms with van der Waals surface area (Å²) < 4.78 is 76.3. The van der Waals surface area contributed by atoms with Gasteiger partial charge >= 0.3 is 6.18 Å². The van der Waals surface area contributed by atoms with E-state index in [0.717, 1.165) is 0 Å². The van der Waals surface area contributed by atoms with Gasteiger partial charge in [-0.1, -0.05) is 0 Å². The van der Waals surface area contributed by atoms with Crippen molar-refractivity contribution in [2.75, 3.05) is 0 Å². The third-order valence-electron chi connectivity index (χ3n) is 3.00. The van der Waals surface area contributed by atoms with Crippen LogP contribution in [-0.2, 0) is 6.54 Å². The molecule has 1 aromatic carbocycles. The Bertz CT molecular complexity index is 463. The van der Waals surface area contributed by atoms with Crippen LogP contribution in [0.25, 0.3) is 0 Å². The van der Waals surface area contributed by atoms with Crippen molar-refractivity contribution < 1.29 is 26.3 Å². The van der Waals surface area contributed by atoms with Gasteiger partial charge in [-0.15, -0.1) is 0 Å². The van der Waals surface area contributed by atoms with E-state index in [1.54, 1.807) is 0 Å². The summed E-state index contributed by atoms with van der Waals surface area (Å²) in [6, 6.07) is 0.879. The van der Waals surface area contributed by atoms with E-state index in [-0.39, 0.29) is 18.4 Å². The summed E-state index contributed by atoms with van der Waals surface area (Å²) in [5.41, 5.74) is -2.34. The van der Waals surface area contributed by atoms with E-state index in [4.69, 9.17) is 0 Å². The van der Waals surface area contributed by atoms with Crippen LogP contribution in [0.3, 0.4) is 0 Å². The molecule has 7 heteroatoms. The van der Waals surface area contributed by atoms with E-state index in [0.29, 0.717) is 12.1 Å². The van der Waals surface area contributed by atoms with Crippen molar-refractivity contribution in [3.63, 3.8) is 0 Å². The minimum atomic E-state index is -4.43. The molecule has 1 nitrogen and oxygen atoms in total. The first-order chi connectivity index (χ1) is 8.25. The first-order valence-corrected chi connectivity index (χ1v) is 5.20.